The number of rotatable bonds is 4. The van der Waals surface area contributed by atoms with Crippen molar-refractivity contribution in [2.75, 3.05) is 7.05 Å². The molecular formula is C28H29BrClN5O. The number of benzene rings is 1. The molecule has 0 spiro atoms. The van der Waals surface area contributed by atoms with Crippen LogP contribution in [0.1, 0.15) is 83.6 Å². The number of amides is 1. The molecule has 1 unspecified atom stereocenters. The highest BCUT2D eigenvalue weighted by Gasteiger charge is 2.22. The van der Waals surface area contributed by atoms with Crippen molar-refractivity contribution >= 4 is 39.0 Å². The Hall–Kier alpha value is -2.95. The van der Waals surface area contributed by atoms with Crippen LogP contribution >= 0.6 is 27.5 Å². The Kier molecular flexibility index (Phi) is 8.60. The highest BCUT2D eigenvalue weighted by Crippen LogP contribution is 2.36. The van der Waals surface area contributed by atoms with Crippen molar-refractivity contribution in [3.63, 3.8) is 0 Å². The van der Waals surface area contributed by atoms with Crippen molar-refractivity contribution in [1.82, 2.24) is 20.1 Å². The summed E-state index contributed by atoms with van der Waals surface area (Å²) >= 11 is 9.99. The number of aromatic nitrogens is 3. The highest BCUT2D eigenvalue weighted by molar-refractivity contribution is 9.10. The fourth-order valence-electron chi connectivity index (χ4n) is 5.07. The zero-order valence-electron chi connectivity index (χ0n) is 20.5. The number of pyridine rings is 1. The third-order valence-corrected chi connectivity index (χ3v) is 7.40. The molecule has 36 heavy (non-hydrogen) atoms. The lowest BCUT2D eigenvalue weighted by atomic mass is 9.85. The minimum atomic E-state index is -0.157. The molecule has 3 aromatic rings. The van der Waals surface area contributed by atoms with E-state index in [0.29, 0.717) is 27.9 Å². The Labute approximate surface area is 225 Å². The number of nitrogens with one attached hydrogen (secondary N) is 1. The monoisotopic (exact) mass is 565 g/mol. The lowest BCUT2D eigenvalue weighted by Crippen LogP contribution is -2.20. The van der Waals surface area contributed by atoms with Crippen molar-refractivity contribution in [3.8, 4) is 11.9 Å². The molecule has 1 N–H and O–H groups in total. The Morgan fingerprint density at radius 3 is 2.81 bits per heavy atom. The molecule has 186 valence electrons. The lowest BCUT2D eigenvalue weighted by Gasteiger charge is -2.21. The van der Waals surface area contributed by atoms with E-state index in [-0.39, 0.29) is 5.91 Å². The Balaban J connectivity index is 1.60. The molecule has 6 nitrogen and oxygen atoms in total. The number of hydrogen-bond donors (Lipinski definition) is 1. The minimum Gasteiger partial charge on any atom is -0.355 e. The van der Waals surface area contributed by atoms with Crippen LogP contribution in [0.4, 0.5) is 0 Å². The molecule has 0 saturated heterocycles. The van der Waals surface area contributed by atoms with Gasteiger partial charge in [-0.25, -0.2) is 9.67 Å². The van der Waals surface area contributed by atoms with Crippen molar-refractivity contribution in [2.45, 2.75) is 57.8 Å². The summed E-state index contributed by atoms with van der Waals surface area (Å²) in [4.78, 5) is 17.1. The van der Waals surface area contributed by atoms with Crippen molar-refractivity contribution < 1.29 is 4.79 Å². The quantitative estimate of drug-likeness (QED) is 0.364. The highest BCUT2D eigenvalue weighted by atomic mass is 79.9. The van der Waals surface area contributed by atoms with Gasteiger partial charge >= 0.3 is 0 Å². The third-order valence-electron chi connectivity index (χ3n) is 6.72. The molecule has 2 aromatic heterocycles. The van der Waals surface area contributed by atoms with Gasteiger partial charge in [-0.15, -0.1) is 0 Å². The minimum absolute atomic E-state index is 0.157. The van der Waals surface area contributed by atoms with E-state index in [9.17, 15) is 10.1 Å². The number of carbonyl (C=O) groups excluding carboxylic acids is 1. The molecule has 0 radical (unpaired) electrons. The summed E-state index contributed by atoms with van der Waals surface area (Å²) in [7, 11) is 1.63. The first-order chi connectivity index (χ1) is 17.4. The summed E-state index contributed by atoms with van der Waals surface area (Å²) in [6.45, 7) is 1.99. The number of allylic oxidation sites excluding steroid dienone is 2. The normalized spacial score (nSPS) is 18.1. The van der Waals surface area contributed by atoms with Crippen molar-refractivity contribution in [3.05, 3.63) is 80.2 Å². The summed E-state index contributed by atoms with van der Waals surface area (Å²) in [5.74, 6) is 0.836. The standard InChI is InChI=1S/C28H29BrClN5O/c1-18-14-19(17-31)15-22(28(36)32-2)26(18)21-10-5-3-8-20(9-4-6-11-21)24-16-25(29)34-35(24)27-23(30)12-7-13-33-27/h7,10,12-16,20H,3-6,8-9,11H2,1-2H3,(H,32,36)/b21-10+. The number of halogens is 2. The molecule has 1 amide bonds. The van der Waals surface area contributed by atoms with Crippen molar-refractivity contribution in [2.24, 2.45) is 0 Å². The third kappa shape index (κ3) is 5.71. The van der Waals surface area contributed by atoms with E-state index in [1.54, 1.807) is 19.3 Å². The molecule has 1 aliphatic carbocycles. The average molecular weight is 567 g/mol. The Morgan fingerprint density at radius 1 is 1.25 bits per heavy atom. The lowest BCUT2D eigenvalue weighted by molar-refractivity contribution is 0.0962. The van der Waals surface area contributed by atoms with Crippen LogP contribution < -0.4 is 5.32 Å². The van der Waals surface area contributed by atoms with Crippen LogP contribution in [0, 0.1) is 18.3 Å². The van der Waals surface area contributed by atoms with Gasteiger partial charge < -0.3 is 5.32 Å². The van der Waals surface area contributed by atoms with Crippen LogP contribution in [-0.4, -0.2) is 27.7 Å². The first-order valence-corrected chi connectivity index (χ1v) is 13.4. The van der Waals surface area contributed by atoms with E-state index in [1.165, 1.54) is 5.57 Å². The average Bonchev–Trinajstić information content (AvgIpc) is 3.27. The smallest absolute Gasteiger partial charge is 0.251 e. The molecule has 4 rings (SSSR count). The summed E-state index contributed by atoms with van der Waals surface area (Å²) in [6.07, 6.45) is 10.9. The van der Waals surface area contributed by atoms with Gasteiger partial charge in [-0.2, -0.15) is 10.4 Å². The van der Waals surface area contributed by atoms with E-state index in [2.05, 4.69) is 49.5 Å². The first-order valence-electron chi connectivity index (χ1n) is 12.3. The second-order valence-corrected chi connectivity index (χ2v) is 10.3. The van der Waals surface area contributed by atoms with Crippen LogP contribution in [0.15, 0.2) is 47.2 Å². The van der Waals surface area contributed by atoms with Crippen molar-refractivity contribution in [1.29, 1.82) is 5.26 Å². The number of aryl methyl sites for hydroxylation is 1. The molecule has 2 heterocycles. The molecule has 0 saturated carbocycles. The summed E-state index contributed by atoms with van der Waals surface area (Å²) in [6, 6.07) is 11.5. The second kappa shape index (κ2) is 11.9. The van der Waals surface area contributed by atoms with Crippen LogP contribution in [0.5, 0.6) is 0 Å². The van der Waals surface area contributed by atoms with Crippen LogP contribution in [0.25, 0.3) is 11.4 Å². The number of carbonyl (C=O) groups is 1. The zero-order valence-corrected chi connectivity index (χ0v) is 22.9. The van der Waals surface area contributed by atoms with Gasteiger partial charge in [-0.1, -0.05) is 24.1 Å². The van der Waals surface area contributed by atoms with Gasteiger partial charge in [-0.3, -0.25) is 4.79 Å². The topological polar surface area (TPSA) is 83.6 Å². The fourth-order valence-corrected chi connectivity index (χ4v) is 5.66. The number of nitrogens with zero attached hydrogens (tertiary/aromatic N) is 4. The van der Waals surface area contributed by atoms with Gasteiger partial charge in [0.05, 0.1) is 22.3 Å². The largest absolute Gasteiger partial charge is 0.355 e. The van der Waals surface area contributed by atoms with Gasteiger partial charge in [0.15, 0.2) is 5.82 Å². The van der Waals surface area contributed by atoms with Crippen LogP contribution in [-0.2, 0) is 0 Å². The molecule has 1 aromatic carbocycles. The Bertz CT molecular complexity index is 1340. The molecule has 8 heteroatoms. The molecular weight excluding hydrogens is 538 g/mol. The Morgan fingerprint density at radius 2 is 2.06 bits per heavy atom. The predicted molar refractivity (Wildman–Crippen MR) is 146 cm³/mol. The maximum absolute atomic E-state index is 12.7. The van der Waals surface area contributed by atoms with Crippen LogP contribution in [0.3, 0.4) is 0 Å². The zero-order chi connectivity index (χ0) is 25.7. The number of nitriles is 1. The summed E-state index contributed by atoms with van der Waals surface area (Å²) in [5, 5.41) is 17.4. The summed E-state index contributed by atoms with van der Waals surface area (Å²) in [5.41, 5.74) is 5.34. The van der Waals surface area contributed by atoms with E-state index in [4.69, 9.17) is 11.6 Å². The maximum atomic E-state index is 12.7. The SMILES string of the molecule is CNC(=O)c1cc(C#N)cc(C)c1/C1=C/CCCC(c2cc(Br)nn2-c2ncccc2Cl)CCCC1. The molecule has 1 aliphatic rings. The second-order valence-electron chi connectivity index (χ2n) is 9.12. The van der Waals surface area contributed by atoms with E-state index >= 15 is 0 Å². The van der Waals surface area contributed by atoms with Gasteiger partial charge in [0.2, 0.25) is 0 Å². The van der Waals surface area contributed by atoms with Crippen LogP contribution in [0.2, 0.25) is 5.02 Å². The molecule has 0 bridgehead atoms. The summed E-state index contributed by atoms with van der Waals surface area (Å²) < 4.78 is 2.65. The van der Waals surface area contributed by atoms with E-state index < -0.39 is 0 Å². The molecule has 0 fully saturated rings. The van der Waals surface area contributed by atoms with E-state index in [0.717, 1.165) is 66.4 Å². The van der Waals surface area contributed by atoms with Gasteiger partial charge in [0, 0.05) is 24.7 Å². The van der Waals surface area contributed by atoms with Gasteiger partial charge in [0.1, 0.15) is 4.60 Å². The molecule has 1 atom stereocenters. The maximum Gasteiger partial charge on any atom is 0.251 e. The van der Waals surface area contributed by atoms with Gasteiger partial charge in [-0.05, 0) is 108 Å². The predicted octanol–water partition coefficient (Wildman–Crippen LogP) is 7.13. The first kappa shape index (κ1) is 26.1. The van der Waals surface area contributed by atoms with E-state index in [1.807, 2.05) is 29.8 Å². The fraction of sp³-hybridized carbons (Fsp3) is 0.357. The number of hydrogen-bond acceptors (Lipinski definition) is 4. The van der Waals surface area contributed by atoms with Gasteiger partial charge in [0.25, 0.3) is 5.91 Å². The molecule has 0 aliphatic heterocycles.